The van der Waals surface area contributed by atoms with Crippen LogP contribution in [-0.2, 0) is 4.79 Å². The summed E-state index contributed by atoms with van der Waals surface area (Å²) in [6.45, 7) is 1.08. The number of carbonyl (C=O) groups is 1. The van der Waals surface area contributed by atoms with Gasteiger partial charge in [0, 0.05) is 19.3 Å². The summed E-state index contributed by atoms with van der Waals surface area (Å²) >= 11 is 0. The van der Waals surface area contributed by atoms with Gasteiger partial charge in [-0.05, 0) is 12.1 Å². The molecule has 0 atom stereocenters. The van der Waals surface area contributed by atoms with Crippen LogP contribution >= 0.6 is 0 Å². The number of carboxylic acids is 1. The van der Waals surface area contributed by atoms with Crippen molar-refractivity contribution in [2.75, 3.05) is 0 Å². The summed E-state index contributed by atoms with van der Waals surface area (Å²) in [7, 11) is 0. The molecule has 0 aromatic carbocycles. The Morgan fingerprint density at radius 1 is 1.75 bits per heavy atom. The fraction of sp³-hybridized carbons (Fsp3) is 0.125. The van der Waals surface area contributed by atoms with E-state index in [4.69, 9.17) is 15.2 Å². The molecule has 0 saturated carbocycles. The van der Waals surface area contributed by atoms with Gasteiger partial charge in [-0.25, -0.2) is 0 Å². The lowest BCUT2D eigenvalue weighted by atomic mass is 10.3. The van der Waals surface area contributed by atoms with Gasteiger partial charge in [0.05, 0.1) is 5.56 Å². The normalized spacial score (nSPS) is 7.33. The summed E-state index contributed by atoms with van der Waals surface area (Å²) in [5.41, 5.74) is 0.604. The summed E-state index contributed by atoms with van der Waals surface area (Å²) in [6, 6.07) is 5.41. The molecule has 0 unspecified atom stereocenters. The molecule has 1 aromatic heterocycles. The summed E-state index contributed by atoms with van der Waals surface area (Å²) in [5.74, 6) is -0.833. The predicted molar refractivity (Wildman–Crippen MR) is 42.3 cm³/mol. The summed E-state index contributed by atoms with van der Waals surface area (Å²) < 4.78 is 0. The monoisotopic (exact) mass is 164 g/mol. The second-order valence-electron chi connectivity index (χ2n) is 1.87. The fourth-order valence-electron chi connectivity index (χ4n) is 0.429. The minimum absolute atomic E-state index is 0.604. The Hall–Kier alpha value is -1.89. The van der Waals surface area contributed by atoms with Crippen LogP contribution < -0.4 is 0 Å². The first-order chi connectivity index (χ1) is 5.66. The smallest absolute Gasteiger partial charge is 0.300 e. The molecular formula is C8H8N2O2. The average Bonchev–Trinajstić information content (AvgIpc) is 2.05. The third kappa shape index (κ3) is 6.23. The first kappa shape index (κ1) is 10.1. The van der Waals surface area contributed by atoms with Crippen LogP contribution in [-0.4, -0.2) is 16.1 Å². The van der Waals surface area contributed by atoms with Crippen molar-refractivity contribution in [2.45, 2.75) is 6.92 Å². The molecule has 0 aliphatic rings. The van der Waals surface area contributed by atoms with Gasteiger partial charge in [-0.2, -0.15) is 5.26 Å². The Morgan fingerprint density at radius 2 is 2.33 bits per heavy atom. The van der Waals surface area contributed by atoms with E-state index in [1.165, 1.54) is 6.20 Å². The SMILES string of the molecule is CC(=O)O.N#Cc1cccnc1. The van der Waals surface area contributed by atoms with E-state index in [2.05, 4.69) is 4.98 Å². The Bertz CT molecular complexity index is 273. The van der Waals surface area contributed by atoms with E-state index in [9.17, 15) is 0 Å². The number of hydrogen-bond donors (Lipinski definition) is 1. The van der Waals surface area contributed by atoms with E-state index in [-0.39, 0.29) is 0 Å². The Kier molecular flexibility index (Phi) is 4.94. The molecule has 4 nitrogen and oxygen atoms in total. The van der Waals surface area contributed by atoms with E-state index in [0.29, 0.717) is 5.56 Å². The zero-order valence-electron chi connectivity index (χ0n) is 6.56. The molecule has 4 heteroatoms. The largest absolute Gasteiger partial charge is 0.481 e. The van der Waals surface area contributed by atoms with E-state index >= 15 is 0 Å². The number of aromatic nitrogens is 1. The number of rotatable bonds is 0. The van der Waals surface area contributed by atoms with Gasteiger partial charge in [-0.3, -0.25) is 9.78 Å². The second kappa shape index (κ2) is 5.86. The number of aliphatic carboxylic acids is 1. The first-order valence-corrected chi connectivity index (χ1v) is 3.16. The molecule has 1 heterocycles. The lowest BCUT2D eigenvalue weighted by Crippen LogP contribution is -1.78. The van der Waals surface area contributed by atoms with Crippen LogP contribution in [0, 0.1) is 11.3 Å². The number of hydrogen-bond acceptors (Lipinski definition) is 3. The number of carboxylic acid groups (broad SMARTS) is 1. The minimum atomic E-state index is -0.833. The maximum Gasteiger partial charge on any atom is 0.300 e. The van der Waals surface area contributed by atoms with Crippen molar-refractivity contribution < 1.29 is 9.90 Å². The van der Waals surface area contributed by atoms with Crippen LogP contribution in [0.3, 0.4) is 0 Å². The summed E-state index contributed by atoms with van der Waals surface area (Å²) in [6.07, 6.45) is 3.17. The van der Waals surface area contributed by atoms with Crippen molar-refractivity contribution in [3.63, 3.8) is 0 Å². The van der Waals surface area contributed by atoms with Gasteiger partial charge < -0.3 is 5.11 Å². The summed E-state index contributed by atoms with van der Waals surface area (Å²) in [4.78, 5) is 12.7. The maximum absolute atomic E-state index is 9.00. The third-order valence-electron chi connectivity index (χ3n) is 0.791. The third-order valence-corrected chi connectivity index (χ3v) is 0.791. The molecule has 0 aliphatic carbocycles. The van der Waals surface area contributed by atoms with Crippen molar-refractivity contribution in [3.05, 3.63) is 30.1 Å². The zero-order valence-corrected chi connectivity index (χ0v) is 6.56. The highest BCUT2D eigenvalue weighted by Gasteiger charge is 1.80. The van der Waals surface area contributed by atoms with Crippen molar-refractivity contribution >= 4 is 5.97 Å². The quantitative estimate of drug-likeness (QED) is 0.621. The molecule has 0 saturated heterocycles. The van der Waals surface area contributed by atoms with Gasteiger partial charge >= 0.3 is 0 Å². The topological polar surface area (TPSA) is 74.0 Å². The standard InChI is InChI=1S/C6H4N2.C2H4O2/c7-4-6-2-1-3-8-5-6;1-2(3)4/h1-3,5H;1H3,(H,3,4). The van der Waals surface area contributed by atoms with Gasteiger partial charge in [0.25, 0.3) is 5.97 Å². The Morgan fingerprint density at radius 3 is 2.58 bits per heavy atom. The van der Waals surface area contributed by atoms with Gasteiger partial charge in [0.2, 0.25) is 0 Å². The van der Waals surface area contributed by atoms with Crippen molar-refractivity contribution in [1.29, 1.82) is 5.26 Å². The van der Waals surface area contributed by atoms with Crippen LogP contribution in [0.4, 0.5) is 0 Å². The van der Waals surface area contributed by atoms with E-state index < -0.39 is 5.97 Å². The lowest BCUT2D eigenvalue weighted by Gasteiger charge is -1.79. The van der Waals surface area contributed by atoms with E-state index in [1.54, 1.807) is 18.3 Å². The second-order valence-corrected chi connectivity index (χ2v) is 1.87. The van der Waals surface area contributed by atoms with Crippen LogP contribution in [0.25, 0.3) is 0 Å². The van der Waals surface area contributed by atoms with Gasteiger partial charge in [0.1, 0.15) is 6.07 Å². The minimum Gasteiger partial charge on any atom is -0.481 e. The molecular weight excluding hydrogens is 156 g/mol. The van der Waals surface area contributed by atoms with E-state index in [0.717, 1.165) is 6.92 Å². The molecule has 0 radical (unpaired) electrons. The molecule has 1 rings (SSSR count). The summed E-state index contributed by atoms with van der Waals surface area (Å²) in [5, 5.41) is 15.7. The van der Waals surface area contributed by atoms with Crippen LogP contribution in [0.15, 0.2) is 24.5 Å². The predicted octanol–water partition coefficient (Wildman–Crippen LogP) is 1.04. The molecule has 1 aromatic rings. The molecule has 12 heavy (non-hydrogen) atoms. The number of pyridine rings is 1. The van der Waals surface area contributed by atoms with Crippen LogP contribution in [0.5, 0.6) is 0 Å². The van der Waals surface area contributed by atoms with Crippen molar-refractivity contribution in [3.8, 4) is 6.07 Å². The highest BCUT2D eigenvalue weighted by atomic mass is 16.4. The number of nitriles is 1. The van der Waals surface area contributed by atoms with Gasteiger partial charge in [0.15, 0.2) is 0 Å². The van der Waals surface area contributed by atoms with Crippen LogP contribution in [0.2, 0.25) is 0 Å². The Balaban J connectivity index is 0.000000261. The van der Waals surface area contributed by atoms with Gasteiger partial charge in [-0.1, -0.05) is 0 Å². The van der Waals surface area contributed by atoms with Crippen LogP contribution in [0.1, 0.15) is 12.5 Å². The molecule has 62 valence electrons. The van der Waals surface area contributed by atoms with E-state index in [1.807, 2.05) is 6.07 Å². The molecule has 0 fully saturated rings. The first-order valence-electron chi connectivity index (χ1n) is 3.16. The van der Waals surface area contributed by atoms with Crippen molar-refractivity contribution in [1.82, 2.24) is 4.98 Å². The van der Waals surface area contributed by atoms with Crippen molar-refractivity contribution in [2.24, 2.45) is 0 Å². The highest BCUT2D eigenvalue weighted by Crippen LogP contribution is 1.89. The maximum atomic E-state index is 9.00. The molecule has 0 aliphatic heterocycles. The van der Waals surface area contributed by atoms with Gasteiger partial charge in [-0.15, -0.1) is 0 Å². The Labute approximate surface area is 70.1 Å². The highest BCUT2D eigenvalue weighted by molar-refractivity contribution is 5.62. The average molecular weight is 164 g/mol. The molecule has 0 spiro atoms. The molecule has 1 N–H and O–H groups in total. The fourth-order valence-corrected chi connectivity index (χ4v) is 0.429. The lowest BCUT2D eigenvalue weighted by molar-refractivity contribution is -0.134. The zero-order chi connectivity index (χ0) is 9.40. The molecule has 0 bridgehead atoms. The number of nitrogens with zero attached hydrogens (tertiary/aromatic N) is 2. The molecule has 0 amide bonds.